The molecule has 3 saturated carbocycles. The third kappa shape index (κ3) is 3.63. The van der Waals surface area contributed by atoms with E-state index in [1.807, 2.05) is 6.92 Å². The molecule has 4 nitrogen and oxygen atoms in total. The van der Waals surface area contributed by atoms with Gasteiger partial charge in [0.2, 0.25) is 0 Å². The van der Waals surface area contributed by atoms with Gasteiger partial charge in [-0.1, -0.05) is 45.2 Å². The summed E-state index contributed by atoms with van der Waals surface area (Å²) in [6.07, 6.45) is 7.37. The zero-order valence-corrected chi connectivity index (χ0v) is 18.5. The molecule has 7 unspecified atom stereocenters. The number of rotatable bonds is 6. The Morgan fingerprint density at radius 3 is 2.83 bits per heavy atom. The van der Waals surface area contributed by atoms with Crippen LogP contribution in [0.4, 0.5) is 0 Å². The summed E-state index contributed by atoms with van der Waals surface area (Å²) in [5.41, 5.74) is -0.283. The number of carbonyl (C=O) groups is 1. The number of halogens is 2. The number of hydrogen-bond donors (Lipinski definition) is 0. The second kappa shape index (κ2) is 6.78. The number of hydrogen-bond acceptors (Lipinski definition) is 4. The van der Waals surface area contributed by atoms with Gasteiger partial charge in [0.15, 0.2) is 0 Å². The summed E-state index contributed by atoms with van der Waals surface area (Å²) in [6.45, 7) is 3.53. The molecule has 0 spiro atoms. The average molecular weight is 560 g/mol. The van der Waals surface area contributed by atoms with Gasteiger partial charge in [0.05, 0.1) is 19.3 Å². The first-order valence-corrected chi connectivity index (χ1v) is 11.7. The predicted octanol–water partition coefficient (Wildman–Crippen LogP) is 3.91. The van der Waals surface area contributed by atoms with Crippen LogP contribution in [-0.4, -0.2) is 44.8 Å². The van der Waals surface area contributed by atoms with Gasteiger partial charge in [0, 0.05) is 10.8 Å². The van der Waals surface area contributed by atoms with E-state index < -0.39 is 3.42 Å². The average Bonchev–Trinajstić information content (AvgIpc) is 3.35. The van der Waals surface area contributed by atoms with Gasteiger partial charge >= 0.3 is 5.97 Å². The fourth-order valence-electron chi connectivity index (χ4n) is 5.13. The van der Waals surface area contributed by atoms with Gasteiger partial charge in [-0.15, -0.1) is 0 Å². The van der Waals surface area contributed by atoms with Crippen LogP contribution >= 0.6 is 45.2 Å². The van der Waals surface area contributed by atoms with Crippen LogP contribution in [0.5, 0.6) is 0 Å². The summed E-state index contributed by atoms with van der Waals surface area (Å²) < 4.78 is 18.2. The molecule has 3 aliphatic carbocycles. The molecule has 1 aliphatic heterocycles. The third-order valence-corrected chi connectivity index (χ3v) is 10.2. The Kier molecular flexibility index (Phi) is 5.15. The number of carbonyl (C=O) groups excluding carboxylic acids is 1. The molecule has 1 heterocycles. The quantitative estimate of drug-likeness (QED) is 0.214. The van der Waals surface area contributed by atoms with Crippen LogP contribution < -0.4 is 0 Å². The van der Waals surface area contributed by atoms with Crippen molar-refractivity contribution in [2.45, 2.75) is 66.7 Å². The molecule has 7 atom stereocenters. The predicted molar refractivity (Wildman–Crippen MR) is 108 cm³/mol. The zero-order valence-electron chi connectivity index (χ0n) is 14.1. The first-order valence-electron chi connectivity index (χ1n) is 9.12. The highest BCUT2D eigenvalue weighted by molar-refractivity contribution is 14.1. The number of alkyl halides is 2. The van der Waals surface area contributed by atoms with Crippen LogP contribution in [0.25, 0.3) is 0 Å². The summed E-state index contributed by atoms with van der Waals surface area (Å²) in [4.78, 5) is 12.8. The third-order valence-electron chi connectivity index (χ3n) is 6.38. The number of epoxide rings is 1. The van der Waals surface area contributed by atoms with Crippen molar-refractivity contribution in [2.24, 2.45) is 17.8 Å². The van der Waals surface area contributed by atoms with Crippen molar-refractivity contribution >= 4 is 51.2 Å². The van der Waals surface area contributed by atoms with Crippen LogP contribution in [-0.2, 0) is 19.0 Å². The van der Waals surface area contributed by atoms with Crippen LogP contribution in [0.2, 0.25) is 0 Å². The fraction of sp³-hybridized carbons (Fsp3) is 0.944. The van der Waals surface area contributed by atoms with Crippen LogP contribution in [0.15, 0.2) is 0 Å². The molecule has 0 aromatic heterocycles. The molecule has 0 amide bonds. The number of esters is 1. The van der Waals surface area contributed by atoms with Crippen molar-refractivity contribution in [2.75, 3.05) is 17.6 Å². The summed E-state index contributed by atoms with van der Waals surface area (Å²) in [5, 5.41) is 0. The van der Waals surface area contributed by atoms with Crippen molar-refractivity contribution in [3.8, 4) is 0 Å². The second-order valence-electron chi connectivity index (χ2n) is 8.45. The van der Waals surface area contributed by atoms with Gasteiger partial charge in [-0.25, -0.2) is 0 Å². The molecular formula is C18H26I2O4. The number of fused-ring (bicyclic) bond motifs is 2. The van der Waals surface area contributed by atoms with Crippen LogP contribution in [0.3, 0.4) is 0 Å². The molecule has 0 radical (unpaired) electrons. The van der Waals surface area contributed by atoms with Gasteiger partial charge in [0.1, 0.15) is 15.1 Å². The van der Waals surface area contributed by atoms with E-state index in [4.69, 9.17) is 14.2 Å². The lowest BCUT2D eigenvalue weighted by Crippen LogP contribution is -2.57. The monoisotopic (exact) mass is 560 g/mol. The lowest BCUT2D eigenvalue weighted by Gasteiger charge is -2.56. The highest BCUT2D eigenvalue weighted by Gasteiger charge is 2.56. The SMILES string of the molecule is CC(I)(CI)C(=O)OC12CC3CCC(C(C3)C1)C(OCC1CO1)C2. The highest BCUT2D eigenvalue weighted by atomic mass is 127. The van der Waals surface area contributed by atoms with Gasteiger partial charge in [-0.05, 0) is 56.8 Å². The topological polar surface area (TPSA) is 48.1 Å². The molecule has 0 aromatic rings. The first-order chi connectivity index (χ1) is 11.4. The molecule has 4 rings (SSSR count). The van der Waals surface area contributed by atoms with Crippen LogP contribution in [0, 0.1) is 17.8 Å². The standard InChI is InChI=1S/C18H26I2O4/c1-17(20,10-19)16(21)24-18-5-11-2-3-14(12(4-11)6-18)15(7-18)23-9-13-8-22-13/h11-15H,2-10H2,1H3. The van der Waals surface area contributed by atoms with E-state index in [1.165, 1.54) is 19.3 Å². The maximum Gasteiger partial charge on any atom is 0.323 e. The van der Waals surface area contributed by atoms with E-state index in [0.29, 0.717) is 24.5 Å². The minimum atomic E-state index is -0.436. The van der Waals surface area contributed by atoms with Crippen molar-refractivity contribution in [3.63, 3.8) is 0 Å². The Bertz CT molecular complexity index is 503. The summed E-state index contributed by atoms with van der Waals surface area (Å²) in [7, 11) is 0. The zero-order chi connectivity index (χ0) is 16.9. The highest BCUT2D eigenvalue weighted by Crippen LogP contribution is 2.56. The van der Waals surface area contributed by atoms with Crippen molar-refractivity contribution in [3.05, 3.63) is 0 Å². The maximum atomic E-state index is 12.8. The second-order valence-corrected chi connectivity index (χ2v) is 11.6. The molecule has 1 saturated heterocycles. The molecule has 136 valence electrons. The fourth-order valence-corrected chi connectivity index (χ4v) is 5.55. The van der Waals surface area contributed by atoms with E-state index in [-0.39, 0.29) is 17.7 Å². The molecule has 6 heteroatoms. The Balaban J connectivity index is 1.51. The lowest BCUT2D eigenvalue weighted by molar-refractivity contribution is -0.203. The van der Waals surface area contributed by atoms with E-state index in [2.05, 4.69) is 45.2 Å². The molecule has 4 fully saturated rings. The smallest absolute Gasteiger partial charge is 0.323 e. The molecule has 24 heavy (non-hydrogen) atoms. The van der Waals surface area contributed by atoms with Gasteiger partial charge in [-0.3, -0.25) is 4.79 Å². The largest absolute Gasteiger partial charge is 0.458 e. The Morgan fingerprint density at radius 2 is 2.12 bits per heavy atom. The molecule has 0 aromatic carbocycles. The molecular weight excluding hydrogens is 534 g/mol. The van der Waals surface area contributed by atoms with Crippen LogP contribution in [0.1, 0.15) is 45.4 Å². The Morgan fingerprint density at radius 1 is 1.33 bits per heavy atom. The Hall–Kier alpha value is 0.850. The van der Waals surface area contributed by atoms with Gasteiger partial charge in [0.25, 0.3) is 0 Å². The van der Waals surface area contributed by atoms with E-state index in [0.717, 1.165) is 36.2 Å². The molecule has 3 bridgehead atoms. The summed E-state index contributed by atoms with van der Waals surface area (Å²) in [5.74, 6) is 2.02. The van der Waals surface area contributed by atoms with Crippen molar-refractivity contribution in [1.82, 2.24) is 0 Å². The van der Waals surface area contributed by atoms with Gasteiger partial charge < -0.3 is 14.2 Å². The minimum Gasteiger partial charge on any atom is -0.458 e. The molecule has 4 aliphatic rings. The summed E-state index contributed by atoms with van der Waals surface area (Å²) >= 11 is 4.52. The van der Waals surface area contributed by atoms with E-state index in [9.17, 15) is 4.79 Å². The lowest BCUT2D eigenvalue weighted by atomic mass is 9.54. The maximum absolute atomic E-state index is 12.8. The summed E-state index contributed by atoms with van der Waals surface area (Å²) in [6, 6.07) is 0. The minimum absolute atomic E-state index is 0.0415. The van der Waals surface area contributed by atoms with Gasteiger partial charge in [-0.2, -0.15) is 0 Å². The van der Waals surface area contributed by atoms with E-state index >= 15 is 0 Å². The first kappa shape index (κ1) is 18.2. The van der Waals surface area contributed by atoms with E-state index in [1.54, 1.807) is 0 Å². The molecule has 0 N–H and O–H groups in total. The van der Waals surface area contributed by atoms with Crippen molar-refractivity contribution < 1.29 is 19.0 Å². The normalized spacial score (nSPS) is 45.5. The number of ether oxygens (including phenoxy) is 3. The Labute approximate surface area is 171 Å². The van der Waals surface area contributed by atoms with Crippen molar-refractivity contribution in [1.29, 1.82) is 0 Å².